The van der Waals surface area contributed by atoms with Crippen molar-refractivity contribution in [3.05, 3.63) is 41.2 Å². The highest BCUT2D eigenvalue weighted by Crippen LogP contribution is 2.28. The molecule has 4 rings (SSSR count). The topological polar surface area (TPSA) is 36.8 Å². The van der Waals surface area contributed by atoms with Crippen LogP contribution in [-0.2, 0) is 0 Å². The molecule has 2 aliphatic heterocycles. The van der Waals surface area contributed by atoms with E-state index in [0.29, 0.717) is 22.5 Å². The highest BCUT2D eigenvalue weighted by Gasteiger charge is 2.38. The number of piperidine rings is 1. The Morgan fingerprint density at radius 1 is 1.35 bits per heavy atom. The minimum atomic E-state index is 0.0172. The molecule has 0 saturated carbocycles. The van der Waals surface area contributed by atoms with Crippen LogP contribution in [0.25, 0.3) is 5.52 Å². The molecular formula is C15H16ClN3O. The van der Waals surface area contributed by atoms with Gasteiger partial charge in [-0.25, -0.2) is 0 Å². The minimum Gasteiger partial charge on any atom is -0.348 e. The van der Waals surface area contributed by atoms with E-state index in [1.54, 1.807) is 0 Å². The number of nitrogens with one attached hydrogen (secondary N) is 1. The quantitative estimate of drug-likeness (QED) is 0.918. The van der Waals surface area contributed by atoms with Crippen molar-refractivity contribution < 1.29 is 4.79 Å². The first kappa shape index (κ1) is 12.2. The van der Waals surface area contributed by atoms with E-state index in [9.17, 15) is 4.79 Å². The van der Waals surface area contributed by atoms with E-state index in [2.05, 4.69) is 10.2 Å². The molecule has 104 valence electrons. The van der Waals surface area contributed by atoms with Crippen LogP contribution in [-0.4, -0.2) is 40.9 Å². The average molecular weight is 290 g/mol. The number of nitrogens with zero attached hydrogens (tertiary/aromatic N) is 2. The zero-order chi connectivity index (χ0) is 13.7. The summed E-state index contributed by atoms with van der Waals surface area (Å²) in [6.45, 7) is 3.32. The Hall–Kier alpha value is -1.52. The highest BCUT2D eigenvalue weighted by atomic mass is 35.5. The van der Waals surface area contributed by atoms with Crippen molar-refractivity contribution in [2.24, 2.45) is 5.92 Å². The Morgan fingerprint density at radius 2 is 2.25 bits per heavy atom. The monoisotopic (exact) mass is 289 g/mol. The van der Waals surface area contributed by atoms with Gasteiger partial charge in [-0.15, -0.1) is 0 Å². The van der Waals surface area contributed by atoms with E-state index in [-0.39, 0.29) is 5.91 Å². The fourth-order valence-corrected chi connectivity index (χ4v) is 3.63. The summed E-state index contributed by atoms with van der Waals surface area (Å²) in [6.07, 6.45) is 4.92. The smallest absolute Gasteiger partial charge is 0.251 e. The van der Waals surface area contributed by atoms with E-state index in [1.807, 2.05) is 35.0 Å². The third-order valence-electron chi connectivity index (χ3n) is 4.48. The molecule has 0 spiro atoms. The minimum absolute atomic E-state index is 0.0172. The molecule has 0 aliphatic carbocycles. The van der Waals surface area contributed by atoms with Gasteiger partial charge in [0.05, 0.1) is 5.02 Å². The van der Waals surface area contributed by atoms with E-state index < -0.39 is 0 Å². The van der Waals surface area contributed by atoms with Gasteiger partial charge in [0.15, 0.2) is 0 Å². The van der Waals surface area contributed by atoms with Gasteiger partial charge in [-0.05, 0) is 37.1 Å². The Morgan fingerprint density at radius 3 is 3.00 bits per heavy atom. The van der Waals surface area contributed by atoms with Crippen molar-refractivity contribution in [1.82, 2.24) is 14.6 Å². The number of pyridine rings is 1. The van der Waals surface area contributed by atoms with Crippen LogP contribution in [0, 0.1) is 5.92 Å². The number of fused-ring (bicyclic) bond motifs is 3. The van der Waals surface area contributed by atoms with Crippen LogP contribution in [0.2, 0.25) is 5.02 Å². The zero-order valence-electron chi connectivity index (χ0n) is 11.1. The average Bonchev–Trinajstić information content (AvgIpc) is 3.10. The first-order valence-corrected chi connectivity index (χ1v) is 7.37. The predicted molar refractivity (Wildman–Crippen MR) is 78.2 cm³/mol. The van der Waals surface area contributed by atoms with Crippen molar-refractivity contribution in [2.75, 3.05) is 19.6 Å². The van der Waals surface area contributed by atoms with Crippen molar-refractivity contribution in [3.63, 3.8) is 0 Å². The van der Waals surface area contributed by atoms with Gasteiger partial charge in [0.1, 0.15) is 0 Å². The van der Waals surface area contributed by atoms with Crippen LogP contribution in [0.1, 0.15) is 16.8 Å². The van der Waals surface area contributed by atoms with Crippen LogP contribution < -0.4 is 5.32 Å². The number of hydrogen-bond donors (Lipinski definition) is 1. The van der Waals surface area contributed by atoms with E-state index in [4.69, 9.17) is 11.6 Å². The lowest BCUT2D eigenvalue weighted by Gasteiger charge is -2.23. The largest absolute Gasteiger partial charge is 0.348 e. The van der Waals surface area contributed by atoms with Gasteiger partial charge in [0.25, 0.3) is 5.91 Å². The van der Waals surface area contributed by atoms with E-state index in [1.165, 1.54) is 13.0 Å². The normalized spacial score (nSPS) is 28.1. The zero-order valence-corrected chi connectivity index (χ0v) is 11.8. The number of rotatable bonds is 2. The molecule has 2 aliphatic rings. The summed E-state index contributed by atoms with van der Waals surface area (Å²) in [7, 11) is 0. The molecule has 3 atom stereocenters. The molecule has 20 heavy (non-hydrogen) atoms. The standard InChI is InChI=1S/C15H16ClN3O/c16-12-6-13-5-10(2-4-19(13)8-12)15(20)17-14-9-18-3-1-11(14)7-18/h2,4-6,8,11,14H,1,3,7,9H2,(H,17,20)/t11-,14?/m0/s1. The fourth-order valence-electron chi connectivity index (χ4n) is 3.41. The van der Waals surface area contributed by atoms with E-state index in [0.717, 1.165) is 18.6 Å². The Labute approximate surface area is 122 Å². The molecule has 2 aromatic heterocycles. The summed E-state index contributed by atoms with van der Waals surface area (Å²) in [5, 5.41) is 3.86. The molecule has 0 radical (unpaired) electrons. The number of carbonyl (C=O) groups excluding carboxylic acids is 1. The molecule has 2 saturated heterocycles. The number of aromatic nitrogens is 1. The van der Waals surface area contributed by atoms with Crippen LogP contribution >= 0.6 is 11.6 Å². The van der Waals surface area contributed by atoms with Gasteiger partial charge in [-0.1, -0.05) is 11.6 Å². The second kappa shape index (κ2) is 4.50. The SMILES string of the molecule is O=C(NC1CN2CC[C@H]1C2)c1ccn2cc(Cl)cc2c1. The van der Waals surface area contributed by atoms with Gasteiger partial charge in [0.2, 0.25) is 0 Å². The molecule has 5 heteroatoms. The lowest BCUT2D eigenvalue weighted by atomic mass is 10.00. The summed E-state index contributed by atoms with van der Waals surface area (Å²) < 4.78 is 1.92. The van der Waals surface area contributed by atoms with E-state index >= 15 is 0 Å². The number of halogens is 1. The van der Waals surface area contributed by atoms with Gasteiger partial charge in [-0.3, -0.25) is 4.79 Å². The molecule has 4 nitrogen and oxygen atoms in total. The lowest BCUT2D eigenvalue weighted by Crippen LogP contribution is -2.43. The first-order chi connectivity index (χ1) is 9.69. The van der Waals surface area contributed by atoms with Crippen molar-refractivity contribution in [1.29, 1.82) is 0 Å². The second-order valence-electron chi connectivity index (χ2n) is 5.79. The maximum Gasteiger partial charge on any atom is 0.251 e. The van der Waals surface area contributed by atoms with Gasteiger partial charge >= 0.3 is 0 Å². The summed E-state index contributed by atoms with van der Waals surface area (Å²) >= 11 is 5.97. The molecule has 4 heterocycles. The molecule has 0 aromatic carbocycles. The van der Waals surface area contributed by atoms with Gasteiger partial charge in [0, 0.05) is 42.6 Å². The molecule has 2 fully saturated rings. The molecule has 2 bridgehead atoms. The van der Waals surface area contributed by atoms with Crippen LogP contribution in [0.4, 0.5) is 0 Å². The lowest BCUT2D eigenvalue weighted by molar-refractivity contribution is 0.0924. The Kier molecular flexibility index (Phi) is 2.75. The summed E-state index contributed by atoms with van der Waals surface area (Å²) in [5.74, 6) is 0.647. The summed E-state index contributed by atoms with van der Waals surface area (Å²) in [6, 6.07) is 5.89. The predicted octanol–water partition coefficient (Wildman–Crippen LogP) is 2.03. The third-order valence-corrected chi connectivity index (χ3v) is 4.68. The number of hydrogen-bond acceptors (Lipinski definition) is 2. The highest BCUT2D eigenvalue weighted by molar-refractivity contribution is 6.31. The van der Waals surface area contributed by atoms with Crippen LogP contribution in [0.5, 0.6) is 0 Å². The number of carbonyl (C=O) groups is 1. The number of amides is 1. The maximum absolute atomic E-state index is 12.4. The molecule has 2 unspecified atom stereocenters. The molecule has 2 aromatic rings. The third kappa shape index (κ3) is 2.00. The van der Waals surface area contributed by atoms with Crippen LogP contribution in [0.3, 0.4) is 0 Å². The van der Waals surface area contributed by atoms with Crippen molar-refractivity contribution in [2.45, 2.75) is 12.5 Å². The van der Waals surface area contributed by atoms with Crippen molar-refractivity contribution in [3.8, 4) is 0 Å². The fraction of sp³-hybridized carbons (Fsp3) is 0.400. The van der Waals surface area contributed by atoms with Crippen molar-refractivity contribution >= 4 is 23.0 Å². The molecular weight excluding hydrogens is 274 g/mol. The molecule has 1 amide bonds. The second-order valence-corrected chi connectivity index (χ2v) is 6.23. The Bertz CT molecular complexity index is 681. The molecule has 1 N–H and O–H groups in total. The van der Waals surface area contributed by atoms with Crippen LogP contribution in [0.15, 0.2) is 30.6 Å². The van der Waals surface area contributed by atoms with Gasteiger partial charge in [-0.2, -0.15) is 0 Å². The van der Waals surface area contributed by atoms with Gasteiger partial charge < -0.3 is 14.6 Å². The Balaban J connectivity index is 1.54. The first-order valence-electron chi connectivity index (χ1n) is 6.99. The maximum atomic E-state index is 12.4. The summed E-state index contributed by atoms with van der Waals surface area (Å²) in [5.41, 5.74) is 1.64. The summed E-state index contributed by atoms with van der Waals surface area (Å²) in [4.78, 5) is 14.8.